The maximum Gasteiger partial charge on any atom is 0.294 e. The van der Waals surface area contributed by atoms with Crippen LogP contribution < -0.4 is 4.57 Å². The molecule has 0 spiro atoms. The summed E-state index contributed by atoms with van der Waals surface area (Å²) in [5.41, 5.74) is 5.26. The van der Waals surface area contributed by atoms with Crippen LogP contribution in [0.25, 0.3) is 17.1 Å². The minimum atomic E-state index is 0.0996. The fourth-order valence-electron chi connectivity index (χ4n) is 3.13. The highest BCUT2D eigenvalue weighted by molar-refractivity contribution is 5.61. The number of benzene rings is 2. The Hall–Kier alpha value is -2.35. The van der Waals surface area contributed by atoms with E-state index in [1.807, 2.05) is 0 Å². The number of imidazole rings is 1. The summed E-state index contributed by atoms with van der Waals surface area (Å²) in [5, 5.41) is 0. The largest absolute Gasteiger partial charge is 0.294 e. The molecule has 0 radical (unpaired) electrons. The predicted octanol–water partition coefficient (Wildman–Crippen LogP) is 4.57. The molecule has 2 heteroatoms. The van der Waals surface area contributed by atoms with E-state index in [1.165, 1.54) is 28.2 Å². The summed E-state index contributed by atoms with van der Waals surface area (Å²) in [6, 6.07) is 17.3. The summed E-state index contributed by atoms with van der Waals surface area (Å²) < 4.78 is 4.50. The van der Waals surface area contributed by atoms with Gasteiger partial charge in [0, 0.05) is 5.56 Å². The van der Waals surface area contributed by atoms with Crippen molar-refractivity contribution < 1.29 is 4.57 Å². The predicted molar refractivity (Wildman–Crippen MR) is 95.8 cm³/mol. The molecule has 0 saturated heterocycles. The molecule has 0 amide bonds. The number of aryl methyl sites for hydroxylation is 2. The molecular weight excluding hydrogens is 280 g/mol. The van der Waals surface area contributed by atoms with E-state index in [9.17, 15) is 0 Å². The third-order valence-corrected chi connectivity index (χ3v) is 4.36. The first kappa shape index (κ1) is 15.5. The molecule has 0 bridgehead atoms. The highest BCUT2D eigenvalue weighted by atomic mass is 15.1. The Morgan fingerprint density at radius 3 is 2.26 bits per heavy atom. The topological polar surface area (TPSA) is 8.81 Å². The smallest absolute Gasteiger partial charge is 0.232 e. The van der Waals surface area contributed by atoms with Gasteiger partial charge in [-0.1, -0.05) is 57.2 Å². The molecule has 0 N–H and O–H groups in total. The van der Waals surface area contributed by atoms with Gasteiger partial charge in [-0.3, -0.25) is 0 Å². The van der Waals surface area contributed by atoms with Crippen LogP contribution in [0.2, 0.25) is 0 Å². The molecule has 118 valence electrons. The highest BCUT2D eigenvalue weighted by Gasteiger charge is 2.26. The van der Waals surface area contributed by atoms with Crippen molar-refractivity contribution in [3.63, 3.8) is 0 Å². The van der Waals surface area contributed by atoms with Crippen molar-refractivity contribution in [2.45, 2.75) is 33.1 Å². The van der Waals surface area contributed by atoms with Crippen molar-refractivity contribution in [3.8, 4) is 17.1 Å². The van der Waals surface area contributed by atoms with Gasteiger partial charge in [0.2, 0.25) is 0 Å². The Morgan fingerprint density at radius 2 is 1.57 bits per heavy atom. The lowest BCUT2D eigenvalue weighted by molar-refractivity contribution is -0.659. The minimum Gasteiger partial charge on any atom is -0.232 e. The van der Waals surface area contributed by atoms with Gasteiger partial charge in [-0.2, -0.15) is 4.57 Å². The van der Waals surface area contributed by atoms with E-state index in [0.717, 1.165) is 0 Å². The van der Waals surface area contributed by atoms with E-state index < -0.39 is 0 Å². The number of hydrogen-bond donors (Lipinski definition) is 0. The molecular formula is C21H25N2+. The Kier molecular flexibility index (Phi) is 3.85. The first-order valence-corrected chi connectivity index (χ1v) is 8.12. The normalized spacial score (nSPS) is 11.7. The molecule has 2 nitrogen and oxygen atoms in total. The van der Waals surface area contributed by atoms with E-state index in [2.05, 4.69) is 105 Å². The fraction of sp³-hybridized carbons (Fsp3) is 0.286. The summed E-state index contributed by atoms with van der Waals surface area (Å²) in [6.45, 7) is 8.97. The van der Waals surface area contributed by atoms with Crippen molar-refractivity contribution >= 4 is 0 Å². The summed E-state index contributed by atoms with van der Waals surface area (Å²) in [5.74, 6) is 1.21. The number of hydrogen-bond acceptors (Lipinski definition) is 0. The standard InChI is InChI=1S/C21H25N2/c1-16-10-6-7-11-17(16)20-22(5)14-15-23(20)19-13-9-8-12-18(19)21(2,3)4/h6-15H,1-5H3/q+1. The maximum absolute atomic E-state index is 2.31. The van der Waals surface area contributed by atoms with Gasteiger partial charge in [0.25, 0.3) is 5.82 Å². The Bertz CT molecular complexity index is 835. The Morgan fingerprint density at radius 1 is 0.913 bits per heavy atom. The van der Waals surface area contributed by atoms with Crippen molar-refractivity contribution in [2.75, 3.05) is 0 Å². The van der Waals surface area contributed by atoms with Crippen LogP contribution in [0.5, 0.6) is 0 Å². The number of para-hydroxylation sites is 1. The SMILES string of the molecule is Cc1ccccc1-c1n(-c2ccccc2C(C)(C)C)cc[n+]1C. The van der Waals surface area contributed by atoms with Crippen molar-refractivity contribution in [1.82, 2.24) is 4.57 Å². The molecule has 0 aliphatic heterocycles. The molecule has 23 heavy (non-hydrogen) atoms. The van der Waals surface area contributed by atoms with E-state index in [-0.39, 0.29) is 5.41 Å². The zero-order valence-corrected chi connectivity index (χ0v) is 14.7. The molecule has 1 aromatic heterocycles. The lowest BCUT2D eigenvalue weighted by Gasteiger charge is -2.21. The average Bonchev–Trinajstić information content (AvgIpc) is 2.88. The fourth-order valence-corrected chi connectivity index (χ4v) is 3.13. The second-order valence-corrected chi connectivity index (χ2v) is 7.18. The lowest BCUT2D eigenvalue weighted by atomic mass is 9.85. The van der Waals surface area contributed by atoms with E-state index in [4.69, 9.17) is 0 Å². The van der Waals surface area contributed by atoms with Gasteiger partial charge >= 0.3 is 0 Å². The average molecular weight is 305 g/mol. The third kappa shape index (κ3) is 2.81. The lowest BCUT2D eigenvalue weighted by Crippen LogP contribution is -2.29. The van der Waals surface area contributed by atoms with Gasteiger partial charge in [0.05, 0.1) is 12.6 Å². The van der Waals surface area contributed by atoms with Crippen molar-refractivity contribution in [1.29, 1.82) is 0 Å². The van der Waals surface area contributed by atoms with E-state index >= 15 is 0 Å². The summed E-state index contributed by atoms with van der Waals surface area (Å²) in [7, 11) is 2.11. The highest BCUT2D eigenvalue weighted by Crippen LogP contribution is 2.31. The van der Waals surface area contributed by atoms with Crippen LogP contribution >= 0.6 is 0 Å². The van der Waals surface area contributed by atoms with Gasteiger partial charge in [0.1, 0.15) is 18.1 Å². The van der Waals surface area contributed by atoms with Gasteiger partial charge in [-0.15, -0.1) is 0 Å². The second kappa shape index (κ2) is 5.69. The van der Waals surface area contributed by atoms with Crippen LogP contribution in [-0.2, 0) is 12.5 Å². The first-order valence-electron chi connectivity index (χ1n) is 8.12. The van der Waals surface area contributed by atoms with Crippen LogP contribution in [0.3, 0.4) is 0 Å². The van der Waals surface area contributed by atoms with E-state index in [1.54, 1.807) is 0 Å². The van der Waals surface area contributed by atoms with Crippen LogP contribution in [-0.4, -0.2) is 4.57 Å². The number of aromatic nitrogens is 2. The molecule has 0 aliphatic carbocycles. The van der Waals surface area contributed by atoms with Gasteiger partial charge in [-0.25, -0.2) is 4.57 Å². The molecule has 0 unspecified atom stereocenters. The monoisotopic (exact) mass is 305 g/mol. The number of rotatable bonds is 2. The van der Waals surface area contributed by atoms with Crippen LogP contribution in [0, 0.1) is 6.92 Å². The van der Waals surface area contributed by atoms with Crippen molar-refractivity contribution in [3.05, 3.63) is 72.1 Å². The Balaban J connectivity index is 2.28. The van der Waals surface area contributed by atoms with Gasteiger partial charge < -0.3 is 0 Å². The van der Waals surface area contributed by atoms with E-state index in [0.29, 0.717) is 0 Å². The van der Waals surface area contributed by atoms with Crippen molar-refractivity contribution in [2.24, 2.45) is 7.05 Å². The molecule has 0 atom stereocenters. The Labute approximate surface area is 139 Å². The van der Waals surface area contributed by atoms with Crippen LogP contribution in [0.15, 0.2) is 60.9 Å². The zero-order chi connectivity index (χ0) is 16.6. The zero-order valence-electron chi connectivity index (χ0n) is 14.7. The molecule has 0 fully saturated rings. The molecule has 3 rings (SSSR count). The molecule has 2 aromatic carbocycles. The molecule has 3 aromatic rings. The second-order valence-electron chi connectivity index (χ2n) is 7.18. The minimum absolute atomic E-state index is 0.0996. The summed E-state index contributed by atoms with van der Waals surface area (Å²) >= 11 is 0. The first-order chi connectivity index (χ1) is 10.9. The van der Waals surface area contributed by atoms with Gasteiger partial charge in [0.15, 0.2) is 0 Å². The maximum atomic E-state index is 2.31. The van der Waals surface area contributed by atoms with Gasteiger partial charge in [-0.05, 0) is 30.0 Å². The van der Waals surface area contributed by atoms with Crippen LogP contribution in [0.4, 0.5) is 0 Å². The number of nitrogens with zero attached hydrogens (tertiary/aromatic N) is 2. The van der Waals surface area contributed by atoms with Crippen LogP contribution in [0.1, 0.15) is 31.9 Å². The molecule has 0 aliphatic rings. The third-order valence-electron chi connectivity index (χ3n) is 4.36. The summed E-state index contributed by atoms with van der Waals surface area (Å²) in [6.07, 6.45) is 4.29. The summed E-state index contributed by atoms with van der Waals surface area (Å²) in [4.78, 5) is 0. The molecule has 0 saturated carbocycles. The molecule has 1 heterocycles. The quantitative estimate of drug-likeness (QED) is 0.613.